The Morgan fingerprint density at radius 1 is 1.43 bits per heavy atom. The SMILES string of the molecule is CC(C)CC(=O)O[C@@H]1CCC[C@@H](C)C1. The van der Waals surface area contributed by atoms with Crippen LogP contribution in [0.5, 0.6) is 0 Å². The molecule has 2 nitrogen and oxygen atoms in total. The molecule has 0 radical (unpaired) electrons. The smallest absolute Gasteiger partial charge is 0.306 e. The van der Waals surface area contributed by atoms with Crippen molar-refractivity contribution in [1.29, 1.82) is 0 Å². The third-order valence-electron chi connectivity index (χ3n) is 2.76. The molecule has 0 amide bonds. The Balaban J connectivity index is 2.25. The Morgan fingerprint density at radius 3 is 2.71 bits per heavy atom. The Bertz CT molecular complexity index is 187. The Labute approximate surface area is 87.0 Å². The van der Waals surface area contributed by atoms with Crippen LogP contribution in [0.3, 0.4) is 0 Å². The molecule has 82 valence electrons. The van der Waals surface area contributed by atoms with Crippen LogP contribution >= 0.6 is 0 Å². The van der Waals surface area contributed by atoms with Gasteiger partial charge in [-0.05, 0) is 31.1 Å². The van der Waals surface area contributed by atoms with Crippen molar-refractivity contribution < 1.29 is 9.53 Å². The topological polar surface area (TPSA) is 26.3 Å². The molecule has 0 N–H and O–H groups in total. The minimum atomic E-state index is -0.0147. The van der Waals surface area contributed by atoms with Gasteiger partial charge in [-0.2, -0.15) is 0 Å². The Kier molecular flexibility index (Phi) is 4.43. The van der Waals surface area contributed by atoms with Crippen molar-refractivity contribution in [3.63, 3.8) is 0 Å². The highest BCUT2D eigenvalue weighted by atomic mass is 16.5. The number of carbonyl (C=O) groups excluding carboxylic acids is 1. The van der Waals surface area contributed by atoms with Crippen molar-refractivity contribution in [1.82, 2.24) is 0 Å². The molecule has 0 aromatic rings. The first-order valence-corrected chi connectivity index (χ1v) is 5.77. The fourth-order valence-electron chi connectivity index (χ4n) is 2.05. The summed E-state index contributed by atoms with van der Waals surface area (Å²) in [4.78, 5) is 11.4. The lowest BCUT2D eigenvalue weighted by molar-refractivity contribution is -0.152. The van der Waals surface area contributed by atoms with E-state index in [9.17, 15) is 4.79 Å². The molecule has 2 atom stereocenters. The van der Waals surface area contributed by atoms with E-state index < -0.39 is 0 Å². The minimum Gasteiger partial charge on any atom is -0.462 e. The first-order chi connectivity index (χ1) is 6.58. The summed E-state index contributed by atoms with van der Waals surface area (Å²) in [7, 11) is 0. The molecule has 1 rings (SSSR count). The van der Waals surface area contributed by atoms with Gasteiger partial charge in [0.25, 0.3) is 0 Å². The molecule has 1 aliphatic carbocycles. The summed E-state index contributed by atoms with van der Waals surface area (Å²) >= 11 is 0. The van der Waals surface area contributed by atoms with Crippen LogP contribution in [0.2, 0.25) is 0 Å². The van der Waals surface area contributed by atoms with Gasteiger partial charge in [-0.3, -0.25) is 4.79 Å². The predicted molar refractivity (Wildman–Crippen MR) is 57.0 cm³/mol. The largest absolute Gasteiger partial charge is 0.462 e. The van der Waals surface area contributed by atoms with Crippen LogP contribution in [0, 0.1) is 11.8 Å². The monoisotopic (exact) mass is 198 g/mol. The summed E-state index contributed by atoms with van der Waals surface area (Å²) in [6.07, 6.45) is 5.38. The normalized spacial score (nSPS) is 27.7. The number of hydrogen-bond acceptors (Lipinski definition) is 2. The third kappa shape index (κ3) is 4.12. The second kappa shape index (κ2) is 5.38. The first-order valence-electron chi connectivity index (χ1n) is 5.77. The number of hydrogen-bond donors (Lipinski definition) is 0. The molecule has 1 fully saturated rings. The van der Waals surface area contributed by atoms with E-state index in [2.05, 4.69) is 6.92 Å². The molecule has 0 aliphatic heterocycles. The highest BCUT2D eigenvalue weighted by molar-refractivity contribution is 5.69. The van der Waals surface area contributed by atoms with Crippen LogP contribution in [0.4, 0.5) is 0 Å². The summed E-state index contributed by atoms with van der Waals surface area (Å²) in [5.74, 6) is 1.11. The second-order valence-corrected chi connectivity index (χ2v) is 4.98. The molecular formula is C12H22O2. The molecule has 0 heterocycles. The average molecular weight is 198 g/mol. The number of rotatable bonds is 3. The molecule has 0 unspecified atom stereocenters. The lowest BCUT2D eigenvalue weighted by atomic mass is 9.89. The maximum absolute atomic E-state index is 11.4. The molecule has 0 bridgehead atoms. The molecule has 1 saturated carbocycles. The molecule has 2 heteroatoms. The zero-order valence-corrected chi connectivity index (χ0v) is 9.58. The summed E-state index contributed by atoms with van der Waals surface area (Å²) in [5, 5.41) is 0. The fourth-order valence-corrected chi connectivity index (χ4v) is 2.05. The van der Waals surface area contributed by atoms with Gasteiger partial charge < -0.3 is 4.74 Å². The third-order valence-corrected chi connectivity index (χ3v) is 2.76. The van der Waals surface area contributed by atoms with E-state index in [1.807, 2.05) is 13.8 Å². The molecule has 1 aliphatic rings. The number of carbonyl (C=O) groups is 1. The zero-order chi connectivity index (χ0) is 10.6. The first kappa shape index (κ1) is 11.5. The van der Waals surface area contributed by atoms with Gasteiger partial charge in [0.2, 0.25) is 0 Å². The van der Waals surface area contributed by atoms with E-state index in [-0.39, 0.29) is 12.1 Å². The van der Waals surface area contributed by atoms with E-state index in [0.717, 1.165) is 18.8 Å². The minimum absolute atomic E-state index is 0.0147. The van der Waals surface area contributed by atoms with Crippen molar-refractivity contribution in [2.45, 2.75) is 59.0 Å². The van der Waals surface area contributed by atoms with Crippen molar-refractivity contribution in [3.8, 4) is 0 Å². The van der Waals surface area contributed by atoms with Gasteiger partial charge >= 0.3 is 5.97 Å². The predicted octanol–water partition coefficient (Wildman–Crippen LogP) is 3.15. The van der Waals surface area contributed by atoms with E-state index in [1.165, 1.54) is 12.8 Å². The summed E-state index contributed by atoms with van der Waals surface area (Å²) in [5.41, 5.74) is 0. The lowest BCUT2D eigenvalue weighted by Gasteiger charge is -2.26. The van der Waals surface area contributed by atoms with Crippen molar-refractivity contribution >= 4 is 5.97 Å². The molecule has 14 heavy (non-hydrogen) atoms. The molecule has 0 aromatic heterocycles. The van der Waals surface area contributed by atoms with Gasteiger partial charge in [-0.25, -0.2) is 0 Å². The second-order valence-electron chi connectivity index (χ2n) is 4.98. The average Bonchev–Trinajstić information content (AvgIpc) is 2.01. The van der Waals surface area contributed by atoms with Gasteiger partial charge in [0.15, 0.2) is 0 Å². The van der Waals surface area contributed by atoms with Crippen molar-refractivity contribution in [2.75, 3.05) is 0 Å². The van der Waals surface area contributed by atoms with Crippen LogP contribution in [0.25, 0.3) is 0 Å². The van der Waals surface area contributed by atoms with Crippen molar-refractivity contribution in [2.24, 2.45) is 11.8 Å². The zero-order valence-electron chi connectivity index (χ0n) is 9.58. The van der Waals surface area contributed by atoms with E-state index in [1.54, 1.807) is 0 Å². The maximum Gasteiger partial charge on any atom is 0.306 e. The van der Waals surface area contributed by atoms with Gasteiger partial charge in [0, 0.05) is 6.42 Å². The van der Waals surface area contributed by atoms with Crippen LogP contribution in [-0.2, 0) is 9.53 Å². The highest BCUT2D eigenvalue weighted by Crippen LogP contribution is 2.26. The van der Waals surface area contributed by atoms with E-state index >= 15 is 0 Å². The van der Waals surface area contributed by atoms with E-state index in [4.69, 9.17) is 4.74 Å². The lowest BCUT2D eigenvalue weighted by Crippen LogP contribution is -2.25. The van der Waals surface area contributed by atoms with Gasteiger partial charge in [0.05, 0.1) is 0 Å². The molecular weight excluding hydrogens is 176 g/mol. The van der Waals surface area contributed by atoms with Gasteiger partial charge in [-0.1, -0.05) is 27.2 Å². The quantitative estimate of drug-likeness (QED) is 0.651. The summed E-state index contributed by atoms with van der Waals surface area (Å²) in [6.45, 7) is 6.33. The van der Waals surface area contributed by atoms with Gasteiger partial charge in [0.1, 0.15) is 6.10 Å². The highest BCUT2D eigenvalue weighted by Gasteiger charge is 2.22. The van der Waals surface area contributed by atoms with Crippen LogP contribution in [0.15, 0.2) is 0 Å². The van der Waals surface area contributed by atoms with Crippen LogP contribution < -0.4 is 0 Å². The number of esters is 1. The standard InChI is InChI=1S/C12H22O2/c1-9(2)7-12(13)14-11-6-4-5-10(3)8-11/h9-11H,4-8H2,1-3H3/t10-,11-/m1/s1. The van der Waals surface area contributed by atoms with Crippen LogP contribution in [-0.4, -0.2) is 12.1 Å². The summed E-state index contributed by atoms with van der Waals surface area (Å²) in [6, 6.07) is 0. The van der Waals surface area contributed by atoms with Crippen molar-refractivity contribution in [3.05, 3.63) is 0 Å². The molecule has 0 saturated heterocycles. The van der Waals surface area contributed by atoms with E-state index in [0.29, 0.717) is 12.3 Å². The fraction of sp³-hybridized carbons (Fsp3) is 0.917. The Hall–Kier alpha value is -0.530. The van der Waals surface area contributed by atoms with Gasteiger partial charge in [-0.15, -0.1) is 0 Å². The maximum atomic E-state index is 11.4. The number of ether oxygens (including phenoxy) is 1. The Morgan fingerprint density at radius 2 is 2.14 bits per heavy atom. The molecule has 0 spiro atoms. The molecule has 0 aromatic carbocycles. The van der Waals surface area contributed by atoms with Crippen LogP contribution in [0.1, 0.15) is 52.9 Å². The summed E-state index contributed by atoms with van der Waals surface area (Å²) < 4.78 is 5.43.